The summed E-state index contributed by atoms with van der Waals surface area (Å²) < 4.78 is 62.7. The van der Waals surface area contributed by atoms with Crippen molar-refractivity contribution in [3.8, 4) is 11.3 Å². The normalized spacial score (nSPS) is 13.8. The summed E-state index contributed by atoms with van der Waals surface area (Å²) in [6.45, 7) is 3.09. The lowest BCUT2D eigenvalue weighted by atomic mass is 10.0. The molecule has 0 bridgehead atoms. The summed E-state index contributed by atoms with van der Waals surface area (Å²) in [5.74, 6) is -3.16. The molecule has 0 saturated heterocycles. The van der Waals surface area contributed by atoms with Gasteiger partial charge in [0, 0.05) is 25.0 Å². The van der Waals surface area contributed by atoms with Crippen molar-refractivity contribution in [2.75, 3.05) is 0 Å². The molecule has 230 valence electrons. The molecule has 0 saturated carbocycles. The summed E-state index contributed by atoms with van der Waals surface area (Å²) in [5, 5.41) is 3.21. The first-order valence-electron chi connectivity index (χ1n) is 12.9. The van der Waals surface area contributed by atoms with Gasteiger partial charge in [0.1, 0.15) is 16.7 Å². The summed E-state index contributed by atoms with van der Waals surface area (Å²) >= 11 is 2.03. The minimum Gasteiger partial charge on any atom is -0.443 e. The second kappa shape index (κ2) is 12.4. The molecule has 2 atom stereocenters. The van der Waals surface area contributed by atoms with E-state index in [1.807, 2.05) is 6.92 Å². The zero-order chi connectivity index (χ0) is 31.8. The van der Waals surface area contributed by atoms with Gasteiger partial charge in [-0.2, -0.15) is 18.2 Å². The maximum absolute atomic E-state index is 14.4. The van der Waals surface area contributed by atoms with Crippen molar-refractivity contribution < 1.29 is 31.9 Å². The van der Waals surface area contributed by atoms with E-state index in [0.717, 1.165) is 33.3 Å². The molecule has 0 radical (unpaired) electrons. The van der Waals surface area contributed by atoms with Crippen LogP contribution in [0.1, 0.15) is 31.4 Å². The van der Waals surface area contributed by atoms with Gasteiger partial charge < -0.3 is 10.5 Å². The Kier molecular flexibility index (Phi) is 9.22. The molecule has 1 aromatic carbocycles. The smallest absolute Gasteiger partial charge is 0.419 e. The molecule has 0 aliphatic heterocycles. The summed E-state index contributed by atoms with van der Waals surface area (Å²) in [6, 6.07) is 1.38. The highest BCUT2D eigenvalue weighted by molar-refractivity contribution is 7.17. The zero-order valence-electron chi connectivity index (χ0n) is 23.4. The van der Waals surface area contributed by atoms with Crippen molar-refractivity contribution in [2.45, 2.75) is 45.6 Å². The van der Waals surface area contributed by atoms with Crippen molar-refractivity contribution >= 4 is 44.8 Å². The predicted molar refractivity (Wildman–Crippen MR) is 153 cm³/mol. The Balaban J connectivity index is 1.75. The number of carbonyl (C=O) groups is 2. The van der Waals surface area contributed by atoms with Crippen LogP contribution in [-0.2, 0) is 47.7 Å². The topological polar surface area (TPSA) is 131 Å². The molecule has 0 unspecified atom stereocenters. The number of carbonyl (C=O) groups excluding carboxylic acids is 2. The number of nitrogens with two attached hydrogens (primary N) is 1. The van der Waals surface area contributed by atoms with Gasteiger partial charge >= 0.3 is 17.8 Å². The van der Waals surface area contributed by atoms with Crippen LogP contribution in [0.25, 0.3) is 21.5 Å². The standard InChI is InChI=1S/C27H27F4N5O5S2/c1-5-13(2)21(32)24(39)41-12-36-18(14-6-7-16(17(28)8-14)27(29,30)31)11-43-25(36)33-19(37)9-15-10-42-23-20(15)22(38)34(3)26(40)35(23)4/h6-8,10-11,13,21H,5,9,12,32H2,1-4H3/b33-25-/t13-,21-/m0/s1. The number of alkyl halides is 3. The van der Waals surface area contributed by atoms with Gasteiger partial charge in [-0.25, -0.2) is 9.18 Å². The average molecular weight is 642 g/mol. The minimum absolute atomic E-state index is 0.00468. The number of hydrogen-bond acceptors (Lipinski definition) is 8. The number of nitrogens with zero attached hydrogens (tertiary/aromatic N) is 4. The van der Waals surface area contributed by atoms with Crippen LogP contribution in [0.3, 0.4) is 0 Å². The first kappa shape index (κ1) is 32.0. The molecule has 1 amide bonds. The Morgan fingerprint density at radius 3 is 2.44 bits per heavy atom. The third-order valence-electron chi connectivity index (χ3n) is 7.04. The number of halogens is 4. The third-order valence-corrected chi connectivity index (χ3v) is 9.01. The van der Waals surface area contributed by atoms with Crippen molar-refractivity contribution in [1.82, 2.24) is 13.7 Å². The van der Waals surface area contributed by atoms with E-state index in [1.54, 1.807) is 12.3 Å². The lowest BCUT2D eigenvalue weighted by Crippen LogP contribution is -2.38. The number of benzene rings is 1. The first-order valence-corrected chi connectivity index (χ1v) is 14.6. The highest BCUT2D eigenvalue weighted by atomic mass is 32.1. The second-order valence-corrected chi connectivity index (χ2v) is 11.6. The average Bonchev–Trinajstić information content (AvgIpc) is 3.55. The Morgan fingerprint density at radius 1 is 1.12 bits per heavy atom. The Bertz CT molecular complexity index is 1900. The number of fused-ring (bicyclic) bond motifs is 1. The van der Waals surface area contributed by atoms with Gasteiger partial charge in [0.2, 0.25) is 0 Å². The maximum Gasteiger partial charge on any atom is 0.419 e. The maximum atomic E-state index is 14.4. The van der Waals surface area contributed by atoms with E-state index in [1.165, 1.54) is 28.6 Å². The quantitative estimate of drug-likeness (QED) is 0.232. The van der Waals surface area contributed by atoms with Crippen LogP contribution < -0.4 is 21.8 Å². The van der Waals surface area contributed by atoms with E-state index in [2.05, 4.69) is 4.99 Å². The van der Waals surface area contributed by atoms with Gasteiger partial charge in [-0.05, 0) is 29.0 Å². The lowest BCUT2D eigenvalue weighted by Gasteiger charge is -2.18. The van der Waals surface area contributed by atoms with Crippen molar-refractivity contribution in [3.63, 3.8) is 0 Å². The fraction of sp³-hybridized carbons (Fsp3) is 0.370. The fourth-order valence-electron chi connectivity index (χ4n) is 4.25. The van der Waals surface area contributed by atoms with Crippen LogP contribution in [-0.4, -0.2) is 31.6 Å². The molecule has 10 nitrogen and oxygen atoms in total. The van der Waals surface area contributed by atoms with Crippen LogP contribution >= 0.6 is 22.7 Å². The van der Waals surface area contributed by atoms with E-state index in [0.29, 0.717) is 28.9 Å². The number of ether oxygens (including phenoxy) is 1. The van der Waals surface area contributed by atoms with E-state index < -0.39 is 53.5 Å². The molecule has 0 aliphatic carbocycles. The Labute approximate surface area is 249 Å². The van der Waals surface area contributed by atoms with Crippen molar-refractivity contribution in [1.29, 1.82) is 0 Å². The molecule has 0 aliphatic rings. The van der Waals surface area contributed by atoms with Gasteiger partial charge in [-0.15, -0.1) is 22.7 Å². The number of aromatic nitrogens is 3. The predicted octanol–water partition coefficient (Wildman–Crippen LogP) is 3.53. The summed E-state index contributed by atoms with van der Waals surface area (Å²) in [5.41, 5.74) is 3.93. The highest BCUT2D eigenvalue weighted by Crippen LogP contribution is 2.33. The van der Waals surface area contributed by atoms with Crippen LogP contribution in [0.5, 0.6) is 0 Å². The molecule has 16 heteroatoms. The van der Waals surface area contributed by atoms with Crippen LogP contribution in [0.4, 0.5) is 17.6 Å². The van der Waals surface area contributed by atoms with Gasteiger partial charge in [0.05, 0.1) is 23.1 Å². The monoisotopic (exact) mass is 641 g/mol. The Hall–Kier alpha value is -3.89. The number of thiophene rings is 1. The summed E-state index contributed by atoms with van der Waals surface area (Å²) in [7, 11) is 2.83. The van der Waals surface area contributed by atoms with Gasteiger partial charge in [-0.3, -0.25) is 28.1 Å². The summed E-state index contributed by atoms with van der Waals surface area (Å²) in [4.78, 5) is 55.2. The van der Waals surface area contributed by atoms with Crippen molar-refractivity contribution in [3.05, 3.63) is 71.5 Å². The Morgan fingerprint density at radius 2 is 1.81 bits per heavy atom. The molecule has 43 heavy (non-hydrogen) atoms. The van der Waals surface area contributed by atoms with Gasteiger partial charge in [-0.1, -0.05) is 26.3 Å². The molecule has 3 aromatic heterocycles. The number of hydrogen-bond donors (Lipinski definition) is 1. The largest absolute Gasteiger partial charge is 0.443 e. The molecular formula is C27H27F4N5O5S2. The number of esters is 1. The van der Waals surface area contributed by atoms with Crippen LogP contribution in [0.15, 0.2) is 43.5 Å². The summed E-state index contributed by atoms with van der Waals surface area (Å²) in [6.07, 6.45) is -4.61. The van der Waals surface area contributed by atoms with Gasteiger partial charge in [0.15, 0.2) is 11.5 Å². The molecule has 0 spiro atoms. The molecule has 2 N–H and O–H groups in total. The van der Waals surface area contributed by atoms with Crippen molar-refractivity contribution in [2.24, 2.45) is 30.7 Å². The molecule has 4 aromatic rings. The number of rotatable bonds is 8. The fourth-order valence-corrected chi connectivity index (χ4v) is 6.19. The lowest BCUT2D eigenvalue weighted by molar-refractivity contribution is -0.150. The van der Waals surface area contributed by atoms with Gasteiger partial charge in [0.25, 0.3) is 11.5 Å². The molecular weight excluding hydrogens is 614 g/mol. The number of amides is 1. The minimum atomic E-state index is -4.90. The molecule has 4 rings (SSSR count). The van der Waals surface area contributed by atoms with E-state index in [9.17, 15) is 36.7 Å². The molecule has 3 heterocycles. The zero-order valence-corrected chi connectivity index (χ0v) is 25.0. The highest BCUT2D eigenvalue weighted by Gasteiger charge is 2.34. The van der Waals surface area contributed by atoms with Crippen LogP contribution in [0, 0.1) is 11.7 Å². The number of thiazole rings is 1. The first-order chi connectivity index (χ1) is 20.1. The van der Waals surface area contributed by atoms with E-state index >= 15 is 0 Å². The molecule has 0 fully saturated rings. The van der Waals surface area contributed by atoms with E-state index in [-0.39, 0.29) is 33.8 Å². The van der Waals surface area contributed by atoms with Crippen LogP contribution in [0.2, 0.25) is 0 Å². The van der Waals surface area contributed by atoms with E-state index in [4.69, 9.17) is 10.5 Å². The number of aryl methyl sites for hydroxylation is 1. The second-order valence-electron chi connectivity index (χ2n) is 9.86. The third kappa shape index (κ3) is 6.40. The SMILES string of the molecule is CC[C@H](C)[C@H](N)C(=O)OCn1c(-c2ccc(C(F)(F)F)c(F)c2)cs/c1=N\C(=O)Cc1csc2c1c(=O)n(C)c(=O)n2C.